The van der Waals surface area contributed by atoms with Gasteiger partial charge in [-0.2, -0.15) is 0 Å². The molecule has 2 atom stereocenters. The van der Waals surface area contributed by atoms with Gasteiger partial charge in [-0.1, -0.05) is 6.07 Å². The topological polar surface area (TPSA) is 36.1 Å². The molecule has 0 spiro atoms. The second-order valence-electron chi connectivity index (χ2n) is 6.64. The largest absolute Gasteiger partial charge is 0.350 e. The van der Waals surface area contributed by atoms with Crippen molar-refractivity contribution in [1.82, 2.24) is 9.88 Å². The second-order valence-corrected chi connectivity index (χ2v) is 7.26. The SMILES string of the molecule is Cc1cc(P)c2[nH]c(C(=O)N3CCC(C4CC4)C3)cc2c1. The standard InChI is InChI=1S/C17H21N2OP/c1-10-6-13-8-14(18-16(13)15(21)7-10)17(20)19-5-4-12(9-19)11-2-3-11/h6-8,11-12,18H,2-5,9,21H2,1H3. The number of likely N-dealkylation sites (tertiary alicyclic amines) is 1. The van der Waals surface area contributed by atoms with Crippen molar-refractivity contribution in [3.05, 3.63) is 29.5 Å². The Labute approximate surface area is 127 Å². The van der Waals surface area contributed by atoms with Gasteiger partial charge < -0.3 is 9.88 Å². The van der Waals surface area contributed by atoms with Crippen molar-refractivity contribution in [2.24, 2.45) is 11.8 Å². The van der Waals surface area contributed by atoms with Gasteiger partial charge in [0.05, 0.1) is 5.52 Å². The molecule has 2 heterocycles. The van der Waals surface area contributed by atoms with E-state index in [9.17, 15) is 4.79 Å². The molecule has 2 unspecified atom stereocenters. The zero-order valence-corrected chi connectivity index (χ0v) is 13.5. The number of rotatable bonds is 2. The average molecular weight is 300 g/mol. The fourth-order valence-corrected chi connectivity index (χ4v) is 4.14. The predicted molar refractivity (Wildman–Crippen MR) is 89.1 cm³/mol. The minimum Gasteiger partial charge on any atom is -0.350 e. The van der Waals surface area contributed by atoms with E-state index in [1.54, 1.807) is 0 Å². The van der Waals surface area contributed by atoms with Crippen LogP contribution in [0.4, 0.5) is 0 Å². The molecule has 1 aliphatic heterocycles. The van der Waals surface area contributed by atoms with Crippen LogP contribution in [-0.2, 0) is 0 Å². The first-order valence-electron chi connectivity index (χ1n) is 7.80. The van der Waals surface area contributed by atoms with Crippen LogP contribution in [0.3, 0.4) is 0 Å². The summed E-state index contributed by atoms with van der Waals surface area (Å²) >= 11 is 0. The number of amides is 1. The smallest absolute Gasteiger partial charge is 0.270 e. The first kappa shape index (κ1) is 13.3. The van der Waals surface area contributed by atoms with Gasteiger partial charge in [-0.15, -0.1) is 9.24 Å². The molecule has 4 heteroatoms. The first-order valence-corrected chi connectivity index (χ1v) is 8.37. The zero-order chi connectivity index (χ0) is 14.6. The van der Waals surface area contributed by atoms with Crippen molar-refractivity contribution in [3.8, 4) is 0 Å². The number of fused-ring (bicyclic) bond motifs is 1. The summed E-state index contributed by atoms with van der Waals surface area (Å²) in [6.07, 6.45) is 3.92. The Hall–Kier alpha value is -1.34. The van der Waals surface area contributed by atoms with Crippen molar-refractivity contribution in [2.75, 3.05) is 13.1 Å². The zero-order valence-electron chi connectivity index (χ0n) is 12.4. The van der Waals surface area contributed by atoms with Crippen molar-refractivity contribution in [1.29, 1.82) is 0 Å². The molecular weight excluding hydrogens is 279 g/mol. The van der Waals surface area contributed by atoms with Crippen molar-refractivity contribution >= 4 is 31.4 Å². The maximum atomic E-state index is 12.7. The van der Waals surface area contributed by atoms with Crippen LogP contribution in [0, 0.1) is 18.8 Å². The predicted octanol–water partition coefficient (Wildman–Crippen LogP) is 2.85. The summed E-state index contributed by atoms with van der Waals surface area (Å²) in [7, 11) is 2.75. The molecule has 1 aromatic carbocycles. The second kappa shape index (κ2) is 4.84. The van der Waals surface area contributed by atoms with Gasteiger partial charge in [0, 0.05) is 18.5 Å². The molecule has 1 saturated carbocycles. The molecule has 1 saturated heterocycles. The first-order chi connectivity index (χ1) is 10.1. The highest BCUT2D eigenvalue weighted by atomic mass is 31.0. The van der Waals surface area contributed by atoms with Gasteiger partial charge in [0.1, 0.15) is 5.69 Å². The minimum absolute atomic E-state index is 0.163. The molecular formula is C17H21N2OP. The molecule has 2 aromatic rings. The molecule has 1 aromatic heterocycles. The average Bonchev–Trinajstić information content (AvgIpc) is 3.01. The van der Waals surface area contributed by atoms with Crippen LogP contribution >= 0.6 is 9.24 Å². The number of benzene rings is 1. The Kier molecular flexibility index (Phi) is 3.08. The minimum atomic E-state index is 0.163. The number of H-pyrrole nitrogens is 1. The van der Waals surface area contributed by atoms with Gasteiger partial charge in [0.2, 0.25) is 0 Å². The van der Waals surface area contributed by atoms with E-state index in [2.05, 4.69) is 33.3 Å². The molecule has 3 nitrogen and oxygen atoms in total. The van der Waals surface area contributed by atoms with E-state index in [0.29, 0.717) is 0 Å². The van der Waals surface area contributed by atoms with Crippen LogP contribution in [0.25, 0.3) is 10.9 Å². The number of hydrogen-bond donors (Lipinski definition) is 1. The lowest BCUT2D eigenvalue weighted by Gasteiger charge is -2.15. The number of aromatic nitrogens is 1. The summed E-state index contributed by atoms with van der Waals surface area (Å²) in [5, 5.41) is 2.25. The number of aryl methyl sites for hydroxylation is 1. The van der Waals surface area contributed by atoms with Crippen LogP contribution in [0.5, 0.6) is 0 Å². The van der Waals surface area contributed by atoms with Gasteiger partial charge >= 0.3 is 0 Å². The molecule has 21 heavy (non-hydrogen) atoms. The Morgan fingerprint density at radius 2 is 2.05 bits per heavy atom. The summed E-state index contributed by atoms with van der Waals surface area (Å²) in [5.74, 6) is 1.81. The Morgan fingerprint density at radius 1 is 1.24 bits per heavy atom. The number of nitrogens with one attached hydrogen (secondary N) is 1. The Morgan fingerprint density at radius 3 is 2.81 bits per heavy atom. The lowest BCUT2D eigenvalue weighted by atomic mass is 10.0. The number of hydrogen-bond acceptors (Lipinski definition) is 1. The summed E-state index contributed by atoms with van der Waals surface area (Å²) in [5.41, 5.74) is 3.02. The van der Waals surface area contributed by atoms with Crippen molar-refractivity contribution in [2.45, 2.75) is 26.2 Å². The highest BCUT2D eigenvalue weighted by Gasteiger charge is 2.37. The Balaban J connectivity index is 1.60. The quantitative estimate of drug-likeness (QED) is 0.851. The van der Waals surface area contributed by atoms with E-state index < -0.39 is 0 Å². The summed E-state index contributed by atoms with van der Waals surface area (Å²) in [6, 6.07) is 6.26. The molecule has 1 aliphatic carbocycles. The maximum Gasteiger partial charge on any atom is 0.270 e. The van der Waals surface area contributed by atoms with Gasteiger partial charge in [-0.3, -0.25) is 4.79 Å². The van der Waals surface area contributed by atoms with Gasteiger partial charge in [0.15, 0.2) is 0 Å². The van der Waals surface area contributed by atoms with Crippen LogP contribution in [0.2, 0.25) is 0 Å². The van der Waals surface area contributed by atoms with Crippen LogP contribution in [-0.4, -0.2) is 28.9 Å². The fraction of sp³-hybridized carbons (Fsp3) is 0.471. The molecule has 2 fully saturated rings. The van der Waals surface area contributed by atoms with E-state index in [1.165, 1.54) is 24.8 Å². The molecule has 1 amide bonds. The third-order valence-corrected chi connectivity index (χ3v) is 5.39. The molecule has 1 N–H and O–H groups in total. The normalized spacial score (nSPS) is 22.2. The molecule has 0 radical (unpaired) electrons. The highest BCUT2D eigenvalue weighted by Crippen LogP contribution is 2.41. The van der Waals surface area contributed by atoms with Gasteiger partial charge in [0.25, 0.3) is 5.91 Å². The highest BCUT2D eigenvalue weighted by molar-refractivity contribution is 7.28. The lowest BCUT2D eigenvalue weighted by molar-refractivity contribution is 0.0781. The number of carbonyl (C=O) groups is 1. The van der Waals surface area contributed by atoms with Gasteiger partial charge in [-0.25, -0.2) is 0 Å². The van der Waals surface area contributed by atoms with E-state index >= 15 is 0 Å². The van der Waals surface area contributed by atoms with E-state index in [1.807, 2.05) is 11.0 Å². The molecule has 4 rings (SSSR count). The van der Waals surface area contributed by atoms with Gasteiger partial charge in [-0.05, 0) is 61.0 Å². The van der Waals surface area contributed by atoms with E-state index in [4.69, 9.17) is 0 Å². The number of aromatic amines is 1. The third kappa shape index (κ3) is 2.38. The summed E-state index contributed by atoms with van der Waals surface area (Å²) in [4.78, 5) is 18.0. The number of nitrogens with zero attached hydrogens (tertiary/aromatic N) is 1. The van der Waals surface area contributed by atoms with Crippen LogP contribution in [0.15, 0.2) is 18.2 Å². The van der Waals surface area contributed by atoms with Crippen LogP contribution in [0.1, 0.15) is 35.3 Å². The fourth-order valence-electron chi connectivity index (χ4n) is 3.64. The summed E-state index contributed by atoms with van der Waals surface area (Å²) < 4.78 is 0. The maximum absolute atomic E-state index is 12.7. The molecule has 110 valence electrons. The molecule has 0 bridgehead atoms. The van der Waals surface area contributed by atoms with Crippen molar-refractivity contribution < 1.29 is 4.79 Å². The lowest BCUT2D eigenvalue weighted by Crippen LogP contribution is -2.29. The monoisotopic (exact) mass is 300 g/mol. The number of carbonyl (C=O) groups excluding carboxylic acids is 1. The third-order valence-electron chi connectivity index (χ3n) is 4.93. The molecule has 2 aliphatic rings. The van der Waals surface area contributed by atoms with E-state index in [-0.39, 0.29) is 5.91 Å². The summed E-state index contributed by atoms with van der Waals surface area (Å²) in [6.45, 7) is 3.95. The van der Waals surface area contributed by atoms with Crippen LogP contribution < -0.4 is 5.30 Å². The van der Waals surface area contributed by atoms with Crippen molar-refractivity contribution in [3.63, 3.8) is 0 Å². The Bertz CT molecular complexity index is 717. The van der Waals surface area contributed by atoms with E-state index in [0.717, 1.165) is 46.8 Å².